The van der Waals surface area contributed by atoms with Crippen LogP contribution in [0.4, 0.5) is 0 Å². The molecule has 0 aromatic rings. The normalized spacial score (nSPS) is 11.6. The number of rotatable bonds is 23. The molecule has 5 nitrogen and oxygen atoms in total. The lowest BCUT2D eigenvalue weighted by atomic mass is 10.1. The van der Waals surface area contributed by atoms with Gasteiger partial charge >= 0.3 is 5.97 Å². The molecule has 0 unspecified atom stereocenters. The number of carbonyl (C=O) groups is 1. The minimum atomic E-state index is -0.108. The Morgan fingerprint density at radius 1 is 0.733 bits per heavy atom. The van der Waals surface area contributed by atoms with Crippen LogP contribution in [0.2, 0.25) is 0 Å². The number of carbonyl (C=O) groups excluding carboxylic acids is 1. The van der Waals surface area contributed by atoms with Crippen molar-refractivity contribution in [3.8, 4) is 0 Å². The summed E-state index contributed by atoms with van der Waals surface area (Å²) in [4.78, 5) is 13.7. The van der Waals surface area contributed by atoms with Gasteiger partial charge in [-0.25, -0.2) is 0 Å². The zero-order valence-corrected chi connectivity index (χ0v) is 19.7. The molecule has 0 aliphatic heterocycles. The van der Waals surface area contributed by atoms with Crippen molar-refractivity contribution in [1.29, 1.82) is 0 Å². The fourth-order valence-corrected chi connectivity index (χ4v) is 3.50. The SMILES string of the molecule is CCCCCCCCC=CCCCCCCCC(=O)OCCCN(CCO)CCO. The Morgan fingerprint density at radius 2 is 1.27 bits per heavy atom. The van der Waals surface area contributed by atoms with E-state index in [1.807, 2.05) is 4.90 Å². The number of hydrogen-bond donors (Lipinski definition) is 2. The molecule has 0 bridgehead atoms. The number of esters is 1. The van der Waals surface area contributed by atoms with Crippen LogP contribution in [-0.4, -0.2) is 60.5 Å². The predicted octanol–water partition coefficient (Wildman–Crippen LogP) is 5.24. The van der Waals surface area contributed by atoms with E-state index in [1.54, 1.807) is 0 Å². The third-order valence-electron chi connectivity index (χ3n) is 5.36. The van der Waals surface area contributed by atoms with Gasteiger partial charge in [-0.1, -0.05) is 70.4 Å². The molecule has 0 atom stereocenters. The van der Waals surface area contributed by atoms with Crippen LogP contribution in [0.25, 0.3) is 0 Å². The first kappa shape index (κ1) is 29.1. The molecule has 0 aromatic heterocycles. The van der Waals surface area contributed by atoms with Crippen molar-refractivity contribution in [3.05, 3.63) is 12.2 Å². The van der Waals surface area contributed by atoms with Gasteiger partial charge in [0.1, 0.15) is 0 Å². The lowest BCUT2D eigenvalue weighted by Crippen LogP contribution is -2.31. The highest BCUT2D eigenvalue weighted by Crippen LogP contribution is 2.10. The van der Waals surface area contributed by atoms with E-state index >= 15 is 0 Å². The van der Waals surface area contributed by atoms with E-state index in [0.717, 1.165) is 25.8 Å². The third kappa shape index (κ3) is 21.8. The van der Waals surface area contributed by atoms with Crippen LogP contribution in [0.3, 0.4) is 0 Å². The van der Waals surface area contributed by atoms with Crippen LogP contribution in [0.15, 0.2) is 12.2 Å². The van der Waals surface area contributed by atoms with Gasteiger partial charge in [-0.3, -0.25) is 9.69 Å². The van der Waals surface area contributed by atoms with E-state index in [2.05, 4.69) is 19.1 Å². The lowest BCUT2D eigenvalue weighted by Gasteiger charge is -2.19. The Bertz CT molecular complexity index is 381. The number of aliphatic hydroxyl groups is 2. The summed E-state index contributed by atoms with van der Waals surface area (Å²) in [6.45, 7) is 4.65. The van der Waals surface area contributed by atoms with Gasteiger partial charge in [-0.2, -0.15) is 0 Å². The summed E-state index contributed by atoms with van der Waals surface area (Å²) in [5.41, 5.74) is 0. The van der Waals surface area contributed by atoms with Gasteiger partial charge in [-0.15, -0.1) is 0 Å². The Kier molecular flexibility index (Phi) is 23.6. The Labute approximate surface area is 185 Å². The average molecular weight is 428 g/mol. The summed E-state index contributed by atoms with van der Waals surface area (Å²) < 4.78 is 5.27. The number of allylic oxidation sites excluding steroid dienone is 2. The summed E-state index contributed by atoms with van der Waals surface area (Å²) in [5, 5.41) is 17.9. The third-order valence-corrected chi connectivity index (χ3v) is 5.36. The molecule has 5 heteroatoms. The van der Waals surface area contributed by atoms with Gasteiger partial charge in [0.15, 0.2) is 0 Å². The van der Waals surface area contributed by atoms with E-state index < -0.39 is 0 Å². The number of hydrogen-bond acceptors (Lipinski definition) is 5. The maximum absolute atomic E-state index is 11.7. The van der Waals surface area contributed by atoms with Crippen molar-refractivity contribution in [2.75, 3.05) is 39.5 Å². The number of nitrogens with zero attached hydrogens (tertiary/aromatic N) is 1. The fraction of sp³-hybridized carbons (Fsp3) is 0.880. The fourth-order valence-electron chi connectivity index (χ4n) is 3.50. The summed E-state index contributed by atoms with van der Waals surface area (Å²) in [7, 11) is 0. The number of aliphatic hydroxyl groups excluding tert-OH is 2. The first-order chi connectivity index (χ1) is 14.7. The summed E-state index contributed by atoms with van der Waals surface area (Å²) in [6, 6.07) is 0. The van der Waals surface area contributed by atoms with E-state index in [-0.39, 0.29) is 19.2 Å². The highest BCUT2D eigenvalue weighted by atomic mass is 16.5. The van der Waals surface area contributed by atoms with E-state index in [0.29, 0.717) is 26.1 Å². The minimum Gasteiger partial charge on any atom is -0.466 e. The van der Waals surface area contributed by atoms with Gasteiger partial charge in [0.2, 0.25) is 0 Å². The standard InChI is InChI=1S/C25H49NO4/c1-2-3-4-5-6-7-8-9-10-11-12-13-14-15-16-18-25(29)30-24-17-19-26(20-22-27)21-23-28/h9-10,27-28H,2-8,11-24H2,1H3. The average Bonchev–Trinajstić information content (AvgIpc) is 2.74. The molecule has 0 fully saturated rings. The Balaban J connectivity index is 3.35. The van der Waals surface area contributed by atoms with Crippen molar-refractivity contribution < 1.29 is 19.7 Å². The molecule has 0 rings (SSSR count). The van der Waals surface area contributed by atoms with Crippen molar-refractivity contribution >= 4 is 5.97 Å². The molecular weight excluding hydrogens is 378 g/mol. The monoisotopic (exact) mass is 427 g/mol. The molecule has 30 heavy (non-hydrogen) atoms. The number of ether oxygens (including phenoxy) is 1. The molecule has 0 amide bonds. The van der Waals surface area contributed by atoms with Crippen molar-refractivity contribution in [2.24, 2.45) is 0 Å². The minimum absolute atomic E-state index is 0.0786. The predicted molar refractivity (Wildman–Crippen MR) is 126 cm³/mol. The van der Waals surface area contributed by atoms with Crippen LogP contribution in [0.5, 0.6) is 0 Å². The second kappa shape index (κ2) is 24.4. The van der Waals surface area contributed by atoms with Crippen LogP contribution in [0.1, 0.15) is 103 Å². The molecule has 178 valence electrons. The smallest absolute Gasteiger partial charge is 0.305 e. The van der Waals surface area contributed by atoms with Gasteiger partial charge < -0.3 is 14.9 Å². The lowest BCUT2D eigenvalue weighted by molar-refractivity contribution is -0.144. The zero-order valence-electron chi connectivity index (χ0n) is 19.7. The highest BCUT2D eigenvalue weighted by Gasteiger charge is 2.05. The molecule has 0 saturated carbocycles. The molecule has 0 aromatic carbocycles. The molecule has 0 spiro atoms. The molecule has 0 aliphatic carbocycles. The van der Waals surface area contributed by atoms with Gasteiger partial charge in [-0.05, 0) is 38.5 Å². The largest absolute Gasteiger partial charge is 0.466 e. The van der Waals surface area contributed by atoms with E-state index in [4.69, 9.17) is 14.9 Å². The number of unbranched alkanes of at least 4 members (excludes halogenated alkanes) is 11. The van der Waals surface area contributed by atoms with Crippen LogP contribution >= 0.6 is 0 Å². The van der Waals surface area contributed by atoms with Crippen molar-refractivity contribution in [2.45, 2.75) is 103 Å². The topological polar surface area (TPSA) is 70.0 Å². The summed E-state index contributed by atoms with van der Waals surface area (Å²) in [6.07, 6.45) is 22.2. The van der Waals surface area contributed by atoms with Gasteiger partial charge in [0.05, 0.1) is 19.8 Å². The van der Waals surface area contributed by atoms with E-state index in [1.165, 1.54) is 70.6 Å². The molecule has 0 heterocycles. The molecule has 0 radical (unpaired) electrons. The van der Waals surface area contributed by atoms with Crippen molar-refractivity contribution in [1.82, 2.24) is 4.90 Å². The molecule has 0 aliphatic rings. The van der Waals surface area contributed by atoms with E-state index in [9.17, 15) is 4.79 Å². The second-order valence-electron chi connectivity index (χ2n) is 8.20. The maximum Gasteiger partial charge on any atom is 0.305 e. The highest BCUT2D eigenvalue weighted by molar-refractivity contribution is 5.69. The van der Waals surface area contributed by atoms with Crippen LogP contribution in [-0.2, 0) is 9.53 Å². The molecule has 0 saturated heterocycles. The van der Waals surface area contributed by atoms with Crippen molar-refractivity contribution in [3.63, 3.8) is 0 Å². The van der Waals surface area contributed by atoms with Crippen LogP contribution < -0.4 is 0 Å². The maximum atomic E-state index is 11.7. The summed E-state index contributed by atoms with van der Waals surface area (Å²) in [5.74, 6) is -0.108. The second-order valence-corrected chi connectivity index (χ2v) is 8.20. The van der Waals surface area contributed by atoms with Gasteiger partial charge in [0, 0.05) is 26.1 Å². The van der Waals surface area contributed by atoms with Crippen LogP contribution in [0, 0.1) is 0 Å². The first-order valence-electron chi connectivity index (χ1n) is 12.5. The Hall–Kier alpha value is -0.910. The first-order valence-corrected chi connectivity index (χ1v) is 12.5. The van der Waals surface area contributed by atoms with Gasteiger partial charge in [0.25, 0.3) is 0 Å². The summed E-state index contributed by atoms with van der Waals surface area (Å²) >= 11 is 0. The zero-order chi connectivity index (χ0) is 22.1. The molecule has 2 N–H and O–H groups in total. The quantitative estimate of drug-likeness (QED) is 0.132. The Morgan fingerprint density at radius 3 is 1.83 bits per heavy atom. The molecular formula is C25H49NO4.